The van der Waals surface area contributed by atoms with E-state index in [0.29, 0.717) is 11.8 Å². The summed E-state index contributed by atoms with van der Waals surface area (Å²) >= 11 is 0. The minimum atomic E-state index is 0. The zero-order valence-corrected chi connectivity index (χ0v) is 17.9. The molecule has 0 spiro atoms. The second-order valence-electron chi connectivity index (χ2n) is 9.28. The first kappa shape index (κ1) is 24.3. The summed E-state index contributed by atoms with van der Waals surface area (Å²) in [4.78, 5) is 0. The Labute approximate surface area is 159 Å². The molecule has 1 heteroatoms. The Hall–Kier alpha value is -0.720. The Bertz CT molecular complexity index is 440. The topological polar surface area (TPSA) is 4.93 Å². The van der Waals surface area contributed by atoms with Crippen LogP contribution in [-0.2, 0) is 7.05 Å². The normalized spacial score (nSPS) is 20.7. The summed E-state index contributed by atoms with van der Waals surface area (Å²) in [5, 5.41) is 0. The van der Waals surface area contributed by atoms with Crippen molar-refractivity contribution in [1.82, 2.24) is 4.57 Å². The largest absolute Gasteiger partial charge is 0.354 e. The SMILES string of the molecule is C.CC(C)C1CCC(C(C)C)CC1.CC(C)c1cc(C(C)C)n(C)c1. The van der Waals surface area contributed by atoms with Gasteiger partial charge in [-0.15, -0.1) is 0 Å². The van der Waals surface area contributed by atoms with Gasteiger partial charge >= 0.3 is 0 Å². The molecular formula is C24H47N. The van der Waals surface area contributed by atoms with Gasteiger partial charge in [-0.3, -0.25) is 0 Å². The van der Waals surface area contributed by atoms with Crippen molar-refractivity contribution in [1.29, 1.82) is 0 Å². The van der Waals surface area contributed by atoms with Crippen LogP contribution in [0.5, 0.6) is 0 Å². The van der Waals surface area contributed by atoms with Crippen LogP contribution in [0.25, 0.3) is 0 Å². The molecule has 1 saturated carbocycles. The van der Waals surface area contributed by atoms with Crippen LogP contribution in [0.3, 0.4) is 0 Å². The summed E-state index contributed by atoms with van der Waals surface area (Å²) < 4.78 is 2.24. The Morgan fingerprint density at radius 2 is 1.16 bits per heavy atom. The minimum absolute atomic E-state index is 0. The summed E-state index contributed by atoms with van der Waals surface area (Å²) in [7, 11) is 2.13. The van der Waals surface area contributed by atoms with Gasteiger partial charge in [0, 0.05) is 18.9 Å². The average molecular weight is 350 g/mol. The molecule has 0 N–H and O–H groups in total. The summed E-state index contributed by atoms with van der Waals surface area (Å²) in [6, 6.07) is 2.31. The van der Waals surface area contributed by atoms with Gasteiger partial charge in [0.1, 0.15) is 0 Å². The number of rotatable bonds is 4. The summed E-state index contributed by atoms with van der Waals surface area (Å²) in [6.45, 7) is 18.4. The molecule has 1 aliphatic carbocycles. The Morgan fingerprint density at radius 3 is 1.36 bits per heavy atom. The highest BCUT2D eigenvalue weighted by Crippen LogP contribution is 2.36. The molecule has 0 saturated heterocycles. The molecule has 0 aromatic carbocycles. The second-order valence-corrected chi connectivity index (χ2v) is 9.28. The molecule has 1 aliphatic rings. The summed E-state index contributed by atoms with van der Waals surface area (Å²) in [5.74, 6) is 5.16. The second kappa shape index (κ2) is 11.1. The van der Waals surface area contributed by atoms with Crippen molar-refractivity contribution in [3.05, 3.63) is 23.5 Å². The number of hydrogen-bond donors (Lipinski definition) is 0. The quantitative estimate of drug-likeness (QED) is 0.518. The third-order valence-corrected chi connectivity index (χ3v) is 6.02. The molecule has 25 heavy (non-hydrogen) atoms. The fourth-order valence-corrected chi connectivity index (χ4v) is 3.98. The van der Waals surface area contributed by atoms with E-state index in [9.17, 15) is 0 Å². The van der Waals surface area contributed by atoms with E-state index in [1.807, 2.05) is 0 Å². The molecule has 2 rings (SSSR count). The highest BCUT2D eigenvalue weighted by Gasteiger charge is 2.24. The first-order valence-electron chi connectivity index (χ1n) is 10.3. The lowest BCUT2D eigenvalue weighted by Gasteiger charge is -2.32. The third-order valence-electron chi connectivity index (χ3n) is 6.02. The van der Waals surface area contributed by atoms with Gasteiger partial charge < -0.3 is 4.57 Å². The molecular weight excluding hydrogens is 302 g/mol. The molecule has 1 heterocycles. The predicted molar refractivity (Wildman–Crippen MR) is 115 cm³/mol. The molecule has 148 valence electrons. The van der Waals surface area contributed by atoms with Crippen LogP contribution in [0.15, 0.2) is 12.3 Å². The van der Waals surface area contributed by atoms with Crippen molar-refractivity contribution in [3.63, 3.8) is 0 Å². The Morgan fingerprint density at radius 1 is 0.760 bits per heavy atom. The van der Waals surface area contributed by atoms with Gasteiger partial charge in [-0.1, -0.05) is 62.8 Å². The van der Waals surface area contributed by atoms with E-state index in [4.69, 9.17) is 0 Å². The Kier molecular flexibility index (Phi) is 10.8. The molecule has 1 nitrogen and oxygen atoms in total. The maximum Gasteiger partial charge on any atom is 0.0200 e. The maximum atomic E-state index is 2.38. The highest BCUT2D eigenvalue weighted by atomic mass is 14.9. The van der Waals surface area contributed by atoms with E-state index < -0.39 is 0 Å². The van der Waals surface area contributed by atoms with Crippen LogP contribution < -0.4 is 0 Å². The molecule has 0 amide bonds. The summed E-state index contributed by atoms with van der Waals surface area (Å²) in [6.07, 6.45) is 8.18. The fourth-order valence-electron chi connectivity index (χ4n) is 3.98. The van der Waals surface area contributed by atoms with Crippen molar-refractivity contribution in [2.24, 2.45) is 30.7 Å². The fraction of sp³-hybridized carbons (Fsp3) is 0.833. The van der Waals surface area contributed by atoms with Crippen LogP contribution in [0, 0.1) is 23.7 Å². The van der Waals surface area contributed by atoms with Crippen LogP contribution in [0.1, 0.15) is 112 Å². The third kappa shape index (κ3) is 7.59. The van der Waals surface area contributed by atoms with Crippen LogP contribution >= 0.6 is 0 Å². The Balaban J connectivity index is 0.000000443. The van der Waals surface area contributed by atoms with Crippen LogP contribution in [0.4, 0.5) is 0 Å². The van der Waals surface area contributed by atoms with Crippen molar-refractivity contribution >= 4 is 0 Å². The van der Waals surface area contributed by atoms with Crippen molar-refractivity contribution in [2.45, 2.75) is 100 Å². The molecule has 1 fully saturated rings. The lowest BCUT2D eigenvalue weighted by molar-refractivity contribution is 0.189. The zero-order chi connectivity index (χ0) is 18.4. The van der Waals surface area contributed by atoms with Gasteiger partial charge in [0.15, 0.2) is 0 Å². The number of nitrogens with zero attached hydrogens (tertiary/aromatic N) is 1. The van der Waals surface area contributed by atoms with E-state index in [1.54, 1.807) is 0 Å². The van der Waals surface area contributed by atoms with E-state index in [-0.39, 0.29) is 7.43 Å². The number of hydrogen-bond acceptors (Lipinski definition) is 0. The molecule has 0 atom stereocenters. The van der Waals surface area contributed by atoms with E-state index in [2.05, 4.69) is 79.3 Å². The van der Waals surface area contributed by atoms with Gasteiger partial charge in [-0.05, 0) is 72.8 Å². The molecule has 1 aromatic rings. The van der Waals surface area contributed by atoms with Gasteiger partial charge in [-0.25, -0.2) is 0 Å². The van der Waals surface area contributed by atoms with E-state index in [1.165, 1.54) is 36.9 Å². The number of aromatic nitrogens is 1. The maximum absolute atomic E-state index is 2.38. The molecule has 0 unspecified atom stereocenters. The van der Waals surface area contributed by atoms with Crippen LogP contribution in [-0.4, -0.2) is 4.57 Å². The van der Waals surface area contributed by atoms with Gasteiger partial charge in [0.25, 0.3) is 0 Å². The monoisotopic (exact) mass is 349 g/mol. The summed E-state index contributed by atoms with van der Waals surface area (Å²) in [5.41, 5.74) is 2.87. The molecule has 1 aromatic heterocycles. The predicted octanol–water partition coefficient (Wildman–Crippen LogP) is 8.01. The lowest BCUT2D eigenvalue weighted by atomic mass is 9.73. The first-order chi connectivity index (χ1) is 11.1. The molecule has 0 radical (unpaired) electrons. The van der Waals surface area contributed by atoms with Gasteiger partial charge in [0.05, 0.1) is 0 Å². The standard InChI is InChI=1S/C12H24.C11H19N.CH4/c1-9(2)11-5-7-12(8-6-11)10(3)4;1-8(2)10-6-11(9(3)4)12(5)7-10;/h9-12H,5-8H2,1-4H3;6-9H,1-5H3;1H4. The first-order valence-corrected chi connectivity index (χ1v) is 10.3. The zero-order valence-electron chi connectivity index (χ0n) is 17.9. The van der Waals surface area contributed by atoms with E-state index in [0.717, 1.165) is 23.7 Å². The van der Waals surface area contributed by atoms with Gasteiger partial charge in [0.2, 0.25) is 0 Å². The molecule has 0 bridgehead atoms. The van der Waals surface area contributed by atoms with Crippen molar-refractivity contribution in [2.75, 3.05) is 0 Å². The van der Waals surface area contributed by atoms with E-state index >= 15 is 0 Å². The lowest BCUT2D eigenvalue weighted by Crippen LogP contribution is -2.21. The van der Waals surface area contributed by atoms with Crippen molar-refractivity contribution in [3.8, 4) is 0 Å². The van der Waals surface area contributed by atoms with Gasteiger partial charge in [-0.2, -0.15) is 0 Å². The highest BCUT2D eigenvalue weighted by molar-refractivity contribution is 5.23. The van der Waals surface area contributed by atoms with Crippen molar-refractivity contribution < 1.29 is 0 Å². The number of aryl methyl sites for hydroxylation is 1. The smallest absolute Gasteiger partial charge is 0.0200 e. The minimum Gasteiger partial charge on any atom is -0.354 e. The molecule has 0 aliphatic heterocycles. The average Bonchev–Trinajstić information content (AvgIpc) is 2.90. The van der Waals surface area contributed by atoms with Crippen LogP contribution in [0.2, 0.25) is 0 Å².